The van der Waals surface area contributed by atoms with Crippen molar-refractivity contribution in [2.45, 2.75) is 18.3 Å². The number of thioether (sulfide) groups is 1. The SMILES string of the molecule is CC1SCC(C(=O)O)N1C(=O)c1ccccc1. The summed E-state index contributed by atoms with van der Waals surface area (Å²) in [6.07, 6.45) is 0. The lowest BCUT2D eigenvalue weighted by Gasteiger charge is -2.24. The Labute approximate surface area is 104 Å². The molecule has 0 radical (unpaired) electrons. The molecule has 1 N–H and O–H groups in total. The summed E-state index contributed by atoms with van der Waals surface area (Å²) in [6.45, 7) is 1.86. The Kier molecular flexibility index (Phi) is 3.38. The molecule has 0 spiro atoms. The summed E-state index contributed by atoms with van der Waals surface area (Å²) in [4.78, 5) is 24.8. The molecule has 0 aromatic heterocycles. The summed E-state index contributed by atoms with van der Waals surface area (Å²) in [6, 6.07) is 8.07. The van der Waals surface area contributed by atoms with E-state index in [0.717, 1.165) is 0 Å². The molecule has 17 heavy (non-hydrogen) atoms. The average molecular weight is 251 g/mol. The first kappa shape index (κ1) is 12.0. The van der Waals surface area contributed by atoms with Crippen LogP contribution in [0.25, 0.3) is 0 Å². The lowest BCUT2D eigenvalue weighted by molar-refractivity contribution is -0.141. The molecule has 0 saturated carbocycles. The van der Waals surface area contributed by atoms with Crippen LogP contribution >= 0.6 is 11.8 Å². The topological polar surface area (TPSA) is 57.6 Å². The molecule has 1 aliphatic heterocycles. The van der Waals surface area contributed by atoms with Gasteiger partial charge in [0.25, 0.3) is 5.91 Å². The molecule has 1 fully saturated rings. The van der Waals surface area contributed by atoms with Crippen LogP contribution < -0.4 is 0 Å². The van der Waals surface area contributed by atoms with Crippen LogP contribution in [0.5, 0.6) is 0 Å². The van der Waals surface area contributed by atoms with Crippen molar-refractivity contribution in [3.63, 3.8) is 0 Å². The lowest BCUT2D eigenvalue weighted by Crippen LogP contribution is -2.44. The number of hydrogen-bond acceptors (Lipinski definition) is 3. The van der Waals surface area contributed by atoms with Gasteiger partial charge in [0.1, 0.15) is 6.04 Å². The molecule has 2 rings (SSSR count). The van der Waals surface area contributed by atoms with Gasteiger partial charge in [-0.3, -0.25) is 4.79 Å². The number of amides is 1. The standard InChI is InChI=1S/C12H13NO3S/c1-8-13(10(7-17-8)12(15)16)11(14)9-5-3-2-4-6-9/h2-6,8,10H,7H2,1H3,(H,15,16). The fraction of sp³-hybridized carbons (Fsp3) is 0.333. The van der Waals surface area contributed by atoms with Gasteiger partial charge in [0.05, 0.1) is 5.37 Å². The molecule has 90 valence electrons. The lowest BCUT2D eigenvalue weighted by atomic mass is 10.1. The van der Waals surface area contributed by atoms with Crippen LogP contribution in [-0.2, 0) is 4.79 Å². The van der Waals surface area contributed by atoms with Gasteiger partial charge >= 0.3 is 5.97 Å². The van der Waals surface area contributed by atoms with Crippen LogP contribution in [0, 0.1) is 0 Å². The van der Waals surface area contributed by atoms with Crippen molar-refractivity contribution in [1.29, 1.82) is 0 Å². The van der Waals surface area contributed by atoms with Gasteiger partial charge in [-0.25, -0.2) is 4.79 Å². The summed E-state index contributed by atoms with van der Waals surface area (Å²) < 4.78 is 0. The number of rotatable bonds is 2. The molecule has 2 atom stereocenters. The van der Waals surface area contributed by atoms with Gasteiger partial charge in [-0.15, -0.1) is 11.8 Å². The van der Waals surface area contributed by atoms with Crippen LogP contribution in [0.4, 0.5) is 0 Å². The molecule has 5 heteroatoms. The van der Waals surface area contributed by atoms with E-state index in [1.807, 2.05) is 13.0 Å². The van der Waals surface area contributed by atoms with Crippen molar-refractivity contribution in [2.24, 2.45) is 0 Å². The van der Waals surface area contributed by atoms with E-state index in [4.69, 9.17) is 5.11 Å². The number of carboxylic acid groups (broad SMARTS) is 1. The molecule has 2 unspecified atom stereocenters. The zero-order valence-corrected chi connectivity index (χ0v) is 10.2. The van der Waals surface area contributed by atoms with Crippen LogP contribution in [0.2, 0.25) is 0 Å². The number of hydrogen-bond donors (Lipinski definition) is 1. The van der Waals surface area contributed by atoms with Gasteiger partial charge in [-0.05, 0) is 19.1 Å². The van der Waals surface area contributed by atoms with Crippen LogP contribution in [-0.4, -0.2) is 39.1 Å². The molecule has 1 aliphatic rings. The van der Waals surface area contributed by atoms with Gasteiger partial charge in [0, 0.05) is 11.3 Å². The number of carbonyl (C=O) groups excluding carboxylic acids is 1. The van der Waals surface area contributed by atoms with E-state index < -0.39 is 12.0 Å². The van der Waals surface area contributed by atoms with E-state index in [1.54, 1.807) is 24.3 Å². The van der Waals surface area contributed by atoms with Crippen molar-refractivity contribution >= 4 is 23.6 Å². The minimum Gasteiger partial charge on any atom is -0.480 e. The first-order valence-corrected chi connectivity index (χ1v) is 6.38. The summed E-state index contributed by atoms with van der Waals surface area (Å²) in [5.74, 6) is -0.698. The molecule has 4 nitrogen and oxygen atoms in total. The fourth-order valence-electron chi connectivity index (χ4n) is 1.87. The second-order valence-electron chi connectivity index (χ2n) is 3.87. The van der Waals surface area contributed by atoms with Crippen LogP contribution in [0.1, 0.15) is 17.3 Å². The van der Waals surface area contributed by atoms with Gasteiger partial charge in [0.2, 0.25) is 0 Å². The van der Waals surface area contributed by atoms with E-state index in [1.165, 1.54) is 16.7 Å². The smallest absolute Gasteiger partial charge is 0.327 e. The van der Waals surface area contributed by atoms with Gasteiger partial charge in [-0.2, -0.15) is 0 Å². The minimum atomic E-state index is -0.939. The average Bonchev–Trinajstić information content (AvgIpc) is 2.71. The second kappa shape index (κ2) is 4.79. The van der Waals surface area contributed by atoms with Crippen molar-refractivity contribution in [1.82, 2.24) is 4.90 Å². The summed E-state index contributed by atoms with van der Waals surface area (Å²) in [7, 11) is 0. The van der Waals surface area contributed by atoms with Crippen molar-refractivity contribution in [2.75, 3.05) is 5.75 Å². The molecule has 0 aliphatic carbocycles. The van der Waals surface area contributed by atoms with E-state index in [9.17, 15) is 9.59 Å². The van der Waals surface area contributed by atoms with Gasteiger partial charge in [0.15, 0.2) is 0 Å². The zero-order valence-electron chi connectivity index (χ0n) is 9.37. The maximum atomic E-state index is 12.2. The quantitative estimate of drug-likeness (QED) is 0.868. The van der Waals surface area contributed by atoms with Crippen molar-refractivity contribution in [3.05, 3.63) is 35.9 Å². The van der Waals surface area contributed by atoms with Gasteiger partial charge < -0.3 is 10.0 Å². The van der Waals surface area contributed by atoms with Crippen molar-refractivity contribution < 1.29 is 14.7 Å². The third-order valence-corrected chi connectivity index (χ3v) is 3.98. The number of benzene rings is 1. The Balaban J connectivity index is 2.26. The number of nitrogens with zero attached hydrogens (tertiary/aromatic N) is 1. The maximum absolute atomic E-state index is 12.2. The predicted molar refractivity (Wildman–Crippen MR) is 66.0 cm³/mol. The first-order chi connectivity index (χ1) is 8.11. The van der Waals surface area contributed by atoms with E-state index in [2.05, 4.69) is 0 Å². The number of carboxylic acids is 1. The fourth-order valence-corrected chi connectivity index (χ4v) is 3.04. The summed E-state index contributed by atoms with van der Waals surface area (Å²) in [5.41, 5.74) is 0.535. The highest BCUT2D eigenvalue weighted by Crippen LogP contribution is 2.30. The maximum Gasteiger partial charge on any atom is 0.327 e. The Hall–Kier alpha value is -1.49. The molecular formula is C12H13NO3S. The molecule has 1 saturated heterocycles. The largest absolute Gasteiger partial charge is 0.480 e. The third kappa shape index (κ3) is 2.29. The molecule has 1 aromatic rings. The number of carbonyl (C=O) groups is 2. The van der Waals surface area contributed by atoms with E-state index >= 15 is 0 Å². The molecule has 0 bridgehead atoms. The highest BCUT2D eigenvalue weighted by Gasteiger charge is 2.39. The van der Waals surface area contributed by atoms with E-state index in [-0.39, 0.29) is 11.3 Å². The van der Waals surface area contributed by atoms with Crippen LogP contribution in [0.3, 0.4) is 0 Å². The molecule has 1 amide bonds. The second-order valence-corrected chi connectivity index (χ2v) is 5.21. The monoisotopic (exact) mass is 251 g/mol. The Bertz CT molecular complexity index is 435. The molecule has 1 heterocycles. The summed E-state index contributed by atoms with van der Waals surface area (Å²) in [5, 5.41) is 9.00. The molecular weight excluding hydrogens is 238 g/mol. The highest BCUT2D eigenvalue weighted by atomic mass is 32.2. The van der Waals surface area contributed by atoms with E-state index in [0.29, 0.717) is 11.3 Å². The normalized spacial score (nSPS) is 23.7. The Morgan fingerprint density at radius 2 is 2.00 bits per heavy atom. The van der Waals surface area contributed by atoms with Crippen molar-refractivity contribution in [3.8, 4) is 0 Å². The highest BCUT2D eigenvalue weighted by molar-refractivity contribution is 8.00. The minimum absolute atomic E-state index is 0.0937. The molecule has 1 aromatic carbocycles. The zero-order chi connectivity index (χ0) is 12.4. The summed E-state index contributed by atoms with van der Waals surface area (Å²) >= 11 is 1.49. The Morgan fingerprint density at radius 1 is 1.35 bits per heavy atom. The number of aliphatic carboxylic acids is 1. The Morgan fingerprint density at radius 3 is 2.59 bits per heavy atom. The third-order valence-electron chi connectivity index (χ3n) is 2.76. The van der Waals surface area contributed by atoms with Gasteiger partial charge in [-0.1, -0.05) is 18.2 Å². The van der Waals surface area contributed by atoms with Crippen LogP contribution in [0.15, 0.2) is 30.3 Å². The first-order valence-electron chi connectivity index (χ1n) is 5.33. The predicted octanol–water partition coefficient (Wildman–Crippen LogP) is 1.67.